The lowest BCUT2D eigenvalue weighted by atomic mass is 9.95. The van der Waals surface area contributed by atoms with E-state index in [2.05, 4.69) is 34.0 Å². The molecule has 0 bridgehead atoms. The first-order valence-corrected chi connectivity index (χ1v) is 14.3. The molecule has 1 aliphatic rings. The summed E-state index contributed by atoms with van der Waals surface area (Å²) in [5, 5.41) is 3.07. The van der Waals surface area contributed by atoms with Crippen molar-refractivity contribution in [2.24, 2.45) is 5.92 Å². The number of halogens is 1. The van der Waals surface area contributed by atoms with Crippen LogP contribution in [0.25, 0.3) is 0 Å². The van der Waals surface area contributed by atoms with E-state index in [4.69, 9.17) is 4.74 Å². The van der Waals surface area contributed by atoms with Crippen molar-refractivity contribution in [1.29, 1.82) is 0 Å². The van der Waals surface area contributed by atoms with Gasteiger partial charge >= 0.3 is 0 Å². The number of nitrogens with zero attached hydrogens (tertiary/aromatic N) is 1. The molecule has 7 nitrogen and oxygen atoms in total. The standard InChI is InChI=1S/C24H33N3O4S2.ClH/c1-3-32-17-14-25-24(28)20-12-15-27(16-13-20)18-19-4-8-22(9-5-19)31-23-10-6-21(7-11-23)26-33(2,29)30;/h4-11,20,26H,3,12-18H2,1-2H3,(H,25,28);1H. The number of ether oxygens (including phenoxy) is 1. The predicted octanol–water partition coefficient (Wildman–Crippen LogP) is 4.35. The minimum atomic E-state index is -3.29. The Morgan fingerprint density at radius 1 is 1.06 bits per heavy atom. The van der Waals surface area contributed by atoms with Crippen molar-refractivity contribution in [1.82, 2.24) is 10.2 Å². The zero-order valence-electron chi connectivity index (χ0n) is 19.7. The summed E-state index contributed by atoms with van der Waals surface area (Å²) in [6, 6.07) is 14.8. The molecule has 0 spiro atoms. The fraction of sp³-hybridized carbons (Fsp3) is 0.458. The number of nitrogens with one attached hydrogen (secondary N) is 2. The van der Waals surface area contributed by atoms with Gasteiger partial charge in [-0.1, -0.05) is 19.1 Å². The lowest BCUT2D eigenvalue weighted by Gasteiger charge is -2.31. The van der Waals surface area contributed by atoms with Gasteiger partial charge < -0.3 is 10.1 Å². The molecule has 1 saturated heterocycles. The van der Waals surface area contributed by atoms with Crippen LogP contribution in [0, 0.1) is 5.92 Å². The molecule has 1 fully saturated rings. The van der Waals surface area contributed by atoms with Crippen molar-refractivity contribution < 1.29 is 17.9 Å². The Bertz CT molecular complexity index is 994. The van der Waals surface area contributed by atoms with Crippen molar-refractivity contribution in [3.05, 3.63) is 54.1 Å². The van der Waals surface area contributed by atoms with Gasteiger partial charge in [-0.3, -0.25) is 14.4 Å². The molecule has 1 heterocycles. The number of carbonyl (C=O) groups excluding carboxylic acids is 1. The van der Waals surface area contributed by atoms with Gasteiger partial charge in [0.05, 0.1) is 6.26 Å². The molecule has 2 N–H and O–H groups in total. The van der Waals surface area contributed by atoms with E-state index in [1.807, 2.05) is 23.9 Å². The second kappa shape index (κ2) is 13.8. The van der Waals surface area contributed by atoms with E-state index in [0.717, 1.165) is 62.5 Å². The molecule has 0 atom stereocenters. The van der Waals surface area contributed by atoms with E-state index >= 15 is 0 Å². The van der Waals surface area contributed by atoms with Crippen LogP contribution in [0.2, 0.25) is 0 Å². The highest BCUT2D eigenvalue weighted by atomic mass is 35.5. The van der Waals surface area contributed by atoms with Crippen LogP contribution in [-0.4, -0.2) is 56.6 Å². The smallest absolute Gasteiger partial charge is 0.229 e. The molecule has 34 heavy (non-hydrogen) atoms. The molecular formula is C24H34ClN3O4S2. The lowest BCUT2D eigenvalue weighted by molar-refractivity contribution is -0.126. The maximum absolute atomic E-state index is 12.3. The predicted molar refractivity (Wildman–Crippen MR) is 143 cm³/mol. The van der Waals surface area contributed by atoms with Gasteiger partial charge in [0.1, 0.15) is 11.5 Å². The number of benzene rings is 2. The molecule has 1 aliphatic heterocycles. The highest BCUT2D eigenvalue weighted by Crippen LogP contribution is 2.25. The van der Waals surface area contributed by atoms with Gasteiger partial charge in [-0.15, -0.1) is 12.4 Å². The summed E-state index contributed by atoms with van der Waals surface area (Å²) in [5.74, 6) is 3.75. The van der Waals surface area contributed by atoms with Crippen molar-refractivity contribution >= 4 is 45.8 Å². The van der Waals surface area contributed by atoms with Crippen LogP contribution in [0.15, 0.2) is 48.5 Å². The van der Waals surface area contributed by atoms with Gasteiger partial charge in [0.2, 0.25) is 15.9 Å². The third-order valence-corrected chi connectivity index (χ3v) is 6.94. The molecule has 1 amide bonds. The molecule has 188 valence electrons. The van der Waals surface area contributed by atoms with E-state index in [1.165, 1.54) is 5.56 Å². The maximum Gasteiger partial charge on any atom is 0.229 e. The largest absolute Gasteiger partial charge is 0.457 e. The third kappa shape index (κ3) is 9.74. The Morgan fingerprint density at radius 2 is 1.65 bits per heavy atom. The number of likely N-dealkylation sites (tertiary alicyclic amines) is 1. The number of sulfonamides is 1. The Morgan fingerprint density at radius 3 is 2.21 bits per heavy atom. The highest BCUT2D eigenvalue weighted by Gasteiger charge is 2.24. The number of thioether (sulfide) groups is 1. The fourth-order valence-corrected chi connectivity index (χ4v) is 4.85. The van der Waals surface area contributed by atoms with Crippen LogP contribution in [0.4, 0.5) is 5.69 Å². The monoisotopic (exact) mass is 527 g/mol. The summed E-state index contributed by atoms with van der Waals surface area (Å²) < 4.78 is 30.9. The summed E-state index contributed by atoms with van der Waals surface area (Å²) in [7, 11) is -3.29. The molecule has 0 radical (unpaired) electrons. The molecule has 0 unspecified atom stereocenters. The number of anilines is 1. The van der Waals surface area contributed by atoms with Crippen LogP contribution >= 0.6 is 24.2 Å². The number of amides is 1. The highest BCUT2D eigenvalue weighted by molar-refractivity contribution is 7.99. The Hall–Kier alpha value is -1.94. The quantitative estimate of drug-likeness (QED) is 0.422. The van der Waals surface area contributed by atoms with Gasteiger partial charge in [0.15, 0.2) is 0 Å². The SMILES string of the molecule is CCSCCNC(=O)C1CCN(Cc2ccc(Oc3ccc(NS(C)(=O)=O)cc3)cc2)CC1.Cl. The van der Waals surface area contributed by atoms with Crippen molar-refractivity contribution in [2.45, 2.75) is 26.3 Å². The minimum Gasteiger partial charge on any atom is -0.457 e. The second-order valence-electron chi connectivity index (χ2n) is 8.18. The summed E-state index contributed by atoms with van der Waals surface area (Å²) in [6.07, 6.45) is 2.92. The Labute approximate surface area is 213 Å². The van der Waals surface area contributed by atoms with Crippen molar-refractivity contribution in [3.8, 4) is 11.5 Å². The van der Waals surface area contributed by atoms with E-state index < -0.39 is 10.0 Å². The van der Waals surface area contributed by atoms with E-state index in [1.54, 1.807) is 24.3 Å². The van der Waals surface area contributed by atoms with Crippen LogP contribution in [0.1, 0.15) is 25.3 Å². The Kier molecular flexibility index (Phi) is 11.5. The average Bonchev–Trinajstić information content (AvgIpc) is 2.79. The summed E-state index contributed by atoms with van der Waals surface area (Å²) in [6.45, 7) is 5.59. The fourth-order valence-electron chi connectivity index (χ4n) is 3.75. The summed E-state index contributed by atoms with van der Waals surface area (Å²) in [5.41, 5.74) is 1.70. The molecule has 2 aromatic carbocycles. The molecular weight excluding hydrogens is 494 g/mol. The van der Waals surface area contributed by atoms with Gasteiger partial charge in [0.25, 0.3) is 0 Å². The first kappa shape index (κ1) is 28.3. The van der Waals surface area contributed by atoms with E-state index in [0.29, 0.717) is 11.4 Å². The van der Waals surface area contributed by atoms with E-state index in [-0.39, 0.29) is 24.2 Å². The summed E-state index contributed by atoms with van der Waals surface area (Å²) >= 11 is 1.85. The number of hydrogen-bond donors (Lipinski definition) is 2. The molecule has 10 heteroatoms. The topological polar surface area (TPSA) is 87.7 Å². The first-order chi connectivity index (χ1) is 15.8. The number of rotatable bonds is 11. The molecule has 0 saturated carbocycles. The average molecular weight is 528 g/mol. The van der Waals surface area contributed by atoms with Crippen LogP contribution in [0.5, 0.6) is 11.5 Å². The van der Waals surface area contributed by atoms with Gasteiger partial charge in [0, 0.05) is 30.4 Å². The normalized spacial score (nSPS) is 14.8. The Balaban J connectivity index is 0.00000408. The van der Waals surface area contributed by atoms with Gasteiger partial charge in [-0.25, -0.2) is 8.42 Å². The lowest BCUT2D eigenvalue weighted by Crippen LogP contribution is -2.40. The third-order valence-electron chi connectivity index (χ3n) is 5.43. The van der Waals surface area contributed by atoms with E-state index in [9.17, 15) is 13.2 Å². The van der Waals surface area contributed by atoms with Gasteiger partial charge in [-0.05, 0) is 73.6 Å². The van der Waals surface area contributed by atoms with Crippen LogP contribution in [-0.2, 0) is 21.4 Å². The zero-order valence-corrected chi connectivity index (χ0v) is 22.1. The zero-order chi connectivity index (χ0) is 23.7. The van der Waals surface area contributed by atoms with Crippen LogP contribution in [0.3, 0.4) is 0 Å². The van der Waals surface area contributed by atoms with Gasteiger partial charge in [-0.2, -0.15) is 11.8 Å². The maximum atomic E-state index is 12.3. The molecule has 0 aromatic heterocycles. The molecule has 3 rings (SSSR count). The number of carbonyl (C=O) groups is 1. The number of piperidine rings is 1. The van der Waals surface area contributed by atoms with Crippen molar-refractivity contribution in [2.75, 3.05) is 42.1 Å². The number of hydrogen-bond acceptors (Lipinski definition) is 6. The van der Waals surface area contributed by atoms with Crippen LogP contribution < -0.4 is 14.8 Å². The summed E-state index contributed by atoms with van der Waals surface area (Å²) in [4.78, 5) is 14.7. The molecule has 0 aliphatic carbocycles. The minimum absolute atomic E-state index is 0. The second-order valence-corrected chi connectivity index (χ2v) is 11.3. The first-order valence-electron chi connectivity index (χ1n) is 11.2. The molecule has 2 aromatic rings. The van der Waals surface area contributed by atoms with Crippen molar-refractivity contribution in [3.63, 3.8) is 0 Å².